The first-order valence-corrected chi connectivity index (χ1v) is 7.12. The van der Waals surface area contributed by atoms with Gasteiger partial charge in [-0.3, -0.25) is 24.2 Å². The van der Waals surface area contributed by atoms with Crippen molar-refractivity contribution in [1.29, 1.82) is 0 Å². The van der Waals surface area contributed by atoms with Crippen LogP contribution in [0.5, 0.6) is 5.75 Å². The molecule has 9 heteroatoms. The minimum atomic E-state index is -0.701. The molecule has 2 rings (SSSR count). The predicted octanol–water partition coefficient (Wildman–Crippen LogP) is 0.638. The predicted molar refractivity (Wildman–Crippen MR) is 85.1 cm³/mol. The zero-order valence-electron chi connectivity index (χ0n) is 12.9. The van der Waals surface area contributed by atoms with Gasteiger partial charge in [-0.2, -0.15) is 0 Å². The molecule has 0 saturated carbocycles. The normalized spacial score (nSPS) is 15.0. The third-order valence-electron chi connectivity index (χ3n) is 3.28. The number of likely N-dealkylation sites (N-methyl/N-ethyl adjacent to an activating group) is 2. The number of carbonyl (C=O) groups excluding carboxylic acids is 4. The first-order valence-electron chi connectivity index (χ1n) is 6.74. The number of barbiturate groups is 1. The average Bonchev–Trinajstić information content (AvgIpc) is 2.54. The Morgan fingerprint density at radius 3 is 2.29 bits per heavy atom. The van der Waals surface area contributed by atoms with Gasteiger partial charge in [0.25, 0.3) is 17.7 Å². The van der Waals surface area contributed by atoms with Crippen LogP contribution in [-0.2, 0) is 14.4 Å². The summed E-state index contributed by atoms with van der Waals surface area (Å²) in [6, 6.07) is 3.79. The number of imide groups is 2. The van der Waals surface area contributed by atoms with Crippen LogP contribution >= 0.6 is 11.6 Å². The number of ether oxygens (including phenoxy) is 1. The van der Waals surface area contributed by atoms with E-state index in [2.05, 4.69) is 0 Å². The van der Waals surface area contributed by atoms with Gasteiger partial charge in [-0.25, -0.2) is 4.79 Å². The highest BCUT2D eigenvalue weighted by Gasteiger charge is 2.37. The molecule has 5 amide bonds. The van der Waals surface area contributed by atoms with Crippen LogP contribution in [0.3, 0.4) is 0 Å². The molecule has 0 unspecified atom stereocenters. The Bertz CT molecular complexity index is 748. The molecule has 126 valence electrons. The Morgan fingerprint density at radius 1 is 1.21 bits per heavy atom. The summed E-state index contributed by atoms with van der Waals surface area (Å²) in [6.45, 7) is -0.325. The van der Waals surface area contributed by atoms with Crippen LogP contribution in [0.1, 0.15) is 5.56 Å². The molecule has 24 heavy (non-hydrogen) atoms. The number of primary amides is 1. The summed E-state index contributed by atoms with van der Waals surface area (Å²) in [5.74, 6) is -1.81. The lowest BCUT2D eigenvalue weighted by atomic mass is 10.1. The molecular weight excluding hydrogens is 338 g/mol. The first kappa shape index (κ1) is 17.5. The van der Waals surface area contributed by atoms with Gasteiger partial charge in [0.05, 0.1) is 5.02 Å². The molecule has 0 aromatic heterocycles. The smallest absolute Gasteiger partial charge is 0.333 e. The molecule has 1 saturated heterocycles. The SMILES string of the molecule is CN1C(=O)C(=Cc2ccc(OCC(N)=O)c(Cl)c2)C(=O)N(C)C1=O. The lowest BCUT2D eigenvalue weighted by Crippen LogP contribution is -2.52. The maximum atomic E-state index is 12.1. The number of hydrogen-bond acceptors (Lipinski definition) is 5. The van der Waals surface area contributed by atoms with Gasteiger partial charge >= 0.3 is 6.03 Å². The first-order chi connectivity index (χ1) is 11.2. The second kappa shape index (κ2) is 6.71. The van der Waals surface area contributed by atoms with Crippen molar-refractivity contribution in [3.63, 3.8) is 0 Å². The van der Waals surface area contributed by atoms with E-state index in [9.17, 15) is 19.2 Å². The summed E-state index contributed by atoms with van der Waals surface area (Å²) in [5.41, 5.74) is 5.28. The highest BCUT2D eigenvalue weighted by Crippen LogP contribution is 2.27. The van der Waals surface area contributed by atoms with E-state index in [1.54, 1.807) is 6.07 Å². The fourth-order valence-electron chi connectivity index (χ4n) is 2.01. The van der Waals surface area contributed by atoms with Gasteiger partial charge in [-0.05, 0) is 23.8 Å². The van der Waals surface area contributed by atoms with Crippen molar-refractivity contribution in [2.75, 3.05) is 20.7 Å². The van der Waals surface area contributed by atoms with E-state index in [1.807, 2.05) is 0 Å². The van der Waals surface area contributed by atoms with Crippen molar-refractivity contribution in [1.82, 2.24) is 9.80 Å². The number of hydrogen-bond donors (Lipinski definition) is 1. The number of amides is 5. The van der Waals surface area contributed by atoms with Crippen LogP contribution in [0, 0.1) is 0 Å². The fourth-order valence-corrected chi connectivity index (χ4v) is 2.26. The molecule has 1 fully saturated rings. The number of halogens is 1. The van der Waals surface area contributed by atoms with E-state index in [0.29, 0.717) is 5.56 Å². The van der Waals surface area contributed by atoms with E-state index in [1.165, 1.54) is 32.3 Å². The van der Waals surface area contributed by atoms with Crippen molar-refractivity contribution in [2.24, 2.45) is 5.73 Å². The maximum Gasteiger partial charge on any atom is 0.333 e. The monoisotopic (exact) mass is 351 g/mol. The third-order valence-corrected chi connectivity index (χ3v) is 3.58. The standard InChI is InChI=1S/C15H14ClN3O5/c1-18-13(21)9(14(22)19(2)15(18)23)5-8-3-4-11(10(16)6-8)24-7-12(17)20/h3-6H,7H2,1-2H3,(H2,17,20). The van der Waals surface area contributed by atoms with Crippen molar-refractivity contribution < 1.29 is 23.9 Å². The number of rotatable bonds is 4. The highest BCUT2D eigenvalue weighted by atomic mass is 35.5. The van der Waals surface area contributed by atoms with Crippen molar-refractivity contribution in [3.8, 4) is 5.75 Å². The molecule has 0 radical (unpaired) electrons. The summed E-state index contributed by atoms with van der Waals surface area (Å²) < 4.78 is 5.11. The van der Waals surface area contributed by atoms with Crippen LogP contribution in [0.4, 0.5) is 4.79 Å². The minimum Gasteiger partial charge on any atom is -0.482 e. The molecule has 1 aromatic rings. The molecule has 1 heterocycles. The Kier molecular flexibility index (Phi) is 4.89. The molecule has 0 atom stereocenters. The van der Waals surface area contributed by atoms with Crippen LogP contribution < -0.4 is 10.5 Å². The van der Waals surface area contributed by atoms with Crippen LogP contribution in [-0.4, -0.2) is 54.3 Å². The van der Waals surface area contributed by atoms with Gasteiger partial charge in [0.2, 0.25) is 0 Å². The topological polar surface area (TPSA) is 110 Å². The second-order valence-corrected chi connectivity index (χ2v) is 5.42. The van der Waals surface area contributed by atoms with E-state index < -0.39 is 23.8 Å². The lowest BCUT2D eigenvalue weighted by Gasteiger charge is -2.28. The summed E-state index contributed by atoms with van der Waals surface area (Å²) in [4.78, 5) is 48.3. The number of nitrogens with zero attached hydrogens (tertiary/aromatic N) is 2. The fraction of sp³-hybridized carbons (Fsp3) is 0.200. The zero-order valence-corrected chi connectivity index (χ0v) is 13.7. The summed E-state index contributed by atoms with van der Waals surface area (Å²) >= 11 is 6.03. The van der Waals surface area contributed by atoms with Gasteiger partial charge in [0.1, 0.15) is 11.3 Å². The van der Waals surface area contributed by atoms with Crippen molar-refractivity contribution in [2.45, 2.75) is 0 Å². The molecule has 1 aliphatic heterocycles. The van der Waals surface area contributed by atoms with E-state index in [0.717, 1.165) is 9.80 Å². The Morgan fingerprint density at radius 2 is 1.79 bits per heavy atom. The molecule has 2 N–H and O–H groups in total. The zero-order chi connectivity index (χ0) is 18.0. The molecule has 1 aliphatic rings. The Labute approximate surface area is 142 Å². The number of carbonyl (C=O) groups is 4. The molecule has 0 bridgehead atoms. The van der Waals surface area contributed by atoms with Gasteiger partial charge in [-0.15, -0.1) is 0 Å². The quantitative estimate of drug-likeness (QED) is 0.632. The highest BCUT2D eigenvalue weighted by molar-refractivity contribution is 6.32. The number of nitrogens with two attached hydrogens (primary N) is 1. The molecule has 0 spiro atoms. The van der Waals surface area contributed by atoms with Gasteiger partial charge < -0.3 is 10.5 Å². The van der Waals surface area contributed by atoms with E-state index in [4.69, 9.17) is 22.1 Å². The van der Waals surface area contributed by atoms with Crippen LogP contribution in [0.15, 0.2) is 23.8 Å². The molecule has 0 aliphatic carbocycles. The summed E-state index contributed by atoms with van der Waals surface area (Å²) in [5, 5.41) is 0.180. The second-order valence-electron chi connectivity index (χ2n) is 5.01. The van der Waals surface area contributed by atoms with Crippen molar-refractivity contribution >= 4 is 41.4 Å². The Hall–Kier alpha value is -2.87. The lowest BCUT2D eigenvalue weighted by molar-refractivity contribution is -0.134. The molecule has 8 nitrogen and oxygen atoms in total. The van der Waals surface area contributed by atoms with E-state index >= 15 is 0 Å². The van der Waals surface area contributed by atoms with Crippen LogP contribution in [0.2, 0.25) is 5.02 Å². The maximum absolute atomic E-state index is 12.1. The average molecular weight is 352 g/mol. The van der Waals surface area contributed by atoms with Gasteiger partial charge in [0.15, 0.2) is 6.61 Å². The van der Waals surface area contributed by atoms with Crippen LogP contribution in [0.25, 0.3) is 6.08 Å². The summed E-state index contributed by atoms with van der Waals surface area (Å²) in [7, 11) is 2.57. The number of benzene rings is 1. The number of urea groups is 1. The minimum absolute atomic E-state index is 0.165. The van der Waals surface area contributed by atoms with Gasteiger partial charge in [-0.1, -0.05) is 17.7 Å². The summed E-state index contributed by atoms with van der Waals surface area (Å²) in [6.07, 6.45) is 1.33. The molecule has 1 aromatic carbocycles. The molecular formula is C15H14ClN3O5. The Balaban J connectivity index is 2.31. The van der Waals surface area contributed by atoms with Gasteiger partial charge in [0, 0.05) is 14.1 Å². The third kappa shape index (κ3) is 3.38. The van der Waals surface area contributed by atoms with E-state index in [-0.39, 0.29) is 23.0 Å². The van der Waals surface area contributed by atoms with Crippen molar-refractivity contribution in [3.05, 3.63) is 34.4 Å². The largest absolute Gasteiger partial charge is 0.482 e.